The number of aliphatic hydroxyl groups excluding tert-OH is 6. The van der Waals surface area contributed by atoms with Gasteiger partial charge in [-0.3, -0.25) is 33.6 Å². The van der Waals surface area contributed by atoms with Gasteiger partial charge in [0.25, 0.3) is 11.8 Å². The summed E-state index contributed by atoms with van der Waals surface area (Å²) in [6.07, 6.45) is -7.43. The highest BCUT2D eigenvalue weighted by molar-refractivity contribution is 6.01. The zero-order chi connectivity index (χ0) is 50.9. The Hall–Kier alpha value is -4.44. The Labute approximate surface area is 401 Å². The van der Waals surface area contributed by atoms with Crippen LogP contribution in [-0.4, -0.2) is 190 Å². The number of carbonyl (C=O) groups excluding carboxylic acids is 8. The van der Waals surface area contributed by atoms with Crippen molar-refractivity contribution < 1.29 is 92.8 Å². The number of amides is 7. The number of hydrogen-bond acceptors (Lipinski definition) is 19. The second kappa shape index (κ2) is 31.7. The smallest absolute Gasteiger partial charge is 0.333 e. The van der Waals surface area contributed by atoms with Crippen LogP contribution < -0.4 is 26.6 Å². The first kappa shape index (κ1) is 58.9. The minimum Gasteiger partial charge on any atom is -0.388 e. The van der Waals surface area contributed by atoms with E-state index in [9.17, 15) is 69.0 Å². The summed E-state index contributed by atoms with van der Waals surface area (Å²) < 4.78 is 21.5. The van der Waals surface area contributed by atoms with Gasteiger partial charge >= 0.3 is 5.97 Å². The van der Waals surface area contributed by atoms with Crippen LogP contribution in [0.4, 0.5) is 0 Å². The van der Waals surface area contributed by atoms with E-state index < -0.39 is 97.1 Å². The molecule has 11 atom stereocenters. The molecule has 0 aromatic rings. The maximum Gasteiger partial charge on any atom is 0.333 e. The van der Waals surface area contributed by atoms with Crippen LogP contribution in [0.15, 0.2) is 0 Å². The minimum absolute atomic E-state index is 0.00370. The summed E-state index contributed by atoms with van der Waals surface area (Å²) in [7, 11) is 0. The predicted octanol–water partition coefficient (Wildman–Crippen LogP) is -2.92. The highest BCUT2D eigenvalue weighted by atomic mass is 16.7. The number of carbonyl (C=O) groups is 8. The summed E-state index contributed by atoms with van der Waals surface area (Å²) >= 11 is 0. The molecule has 25 nitrogen and oxygen atoms in total. The molecule has 0 unspecified atom stereocenters. The van der Waals surface area contributed by atoms with E-state index in [-0.39, 0.29) is 102 Å². The van der Waals surface area contributed by atoms with Crippen LogP contribution in [0.25, 0.3) is 0 Å². The first-order valence-electron chi connectivity index (χ1n) is 24.0. The van der Waals surface area contributed by atoms with E-state index in [1.807, 2.05) is 0 Å². The quantitative estimate of drug-likeness (QED) is 0.0238. The largest absolute Gasteiger partial charge is 0.388 e. The Balaban J connectivity index is 1.31. The van der Waals surface area contributed by atoms with Gasteiger partial charge in [0.1, 0.15) is 42.7 Å². The van der Waals surface area contributed by atoms with Crippen LogP contribution in [0.5, 0.6) is 0 Å². The van der Waals surface area contributed by atoms with E-state index >= 15 is 0 Å². The van der Waals surface area contributed by atoms with Gasteiger partial charge in [-0.15, -0.1) is 5.06 Å². The minimum atomic E-state index is -1.46. The molecule has 0 spiro atoms. The highest BCUT2D eigenvalue weighted by Gasteiger charge is 2.43. The van der Waals surface area contributed by atoms with Crippen molar-refractivity contribution >= 4 is 47.3 Å². The number of nitrogens with one attached hydrogen (secondary N) is 5. The molecular weight excluding hydrogens is 917 g/mol. The van der Waals surface area contributed by atoms with E-state index in [0.29, 0.717) is 69.4 Å². The van der Waals surface area contributed by atoms with Crippen LogP contribution in [0.2, 0.25) is 0 Å². The first-order valence-corrected chi connectivity index (χ1v) is 24.0. The van der Waals surface area contributed by atoms with Gasteiger partial charge in [-0.1, -0.05) is 6.42 Å². The maximum absolute atomic E-state index is 13.2. The zero-order valence-electron chi connectivity index (χ0n) is 39.6. The monoisotopic (exact) mass is 991 g/mol. The number of imide groups is 1. The Kier molecular flexibility index (Phi) is 27.1. The van der Waals surface area contributed by atoms with Crippen molar-refractivity contribution in [2.24, 2.45) is 0 Å². The van der Waals surface area contributed by atoms with Crippen LogP contribution in [-0.2, 0) is 62.1 Å². The average molecular weight is 991 g/mol. The summed E-state index contributed by atoms with van der Waals surface area (Å²) in [5, 5.41) is 73.6. The molecule has 69 heavy (non-hydrogen) atoms. The number of ether oxygens (including phenoxy) is 4. The van der Waals surface area contributed by atoms with Crippen LogP contribution >= 0.6 is 0 Å². The lowest BCUT2D eigenvalue weighted by Gasteiger charge is -2.38. The molecule has 394 valence electrons. The molecule has 7 amide bonds. The van der Waals surface area contributed by atoms with E-state index in [2.05, 4.69) is 26.6 Å². The van der Waals surface area contributed by atoms with E-state index in [1.165, 1.54) is 13.8 Å². The van der Waals surface area contributed by atoms with Crippen molar-refractivity contribution in [3.05, 3.63) is 0 Å². The number of hydrogen-bond donors (Lipinski definition) is 11. The van der Waals surface area contributed by atoms with Crippen molar-refractivity contribution in [1.82, 2.24) is 31.6 Å². The molecule has 0 bridgehead atoms. The molecule has 0 aliphatic carbocycles. The van der Waals surface area contributed by atoms with Gasteiger partial charge in [-0.2, -0.15) is 0 Å². The molecule has 0 radical (unpaired) electrons. The van der Waals surface area contributed by atoms with Gasteiger partial charge in [0.2, 0.25) is 29.5 Å². The molecule has 3 heterocycles. The zero-order valence-corrected chi connectivity index (χ0v) is 39.6. The van der Waals surface area contributed by atoms with Crippen LogP contribution in [0.1, 0.15) is 123 Å². The number of nitrogens with zero attached hydrogens (tertiary/aromatic N) is 1. The number of hydroxylamine groups is 2. The number of rotatable bonds is 32. The fourth-order valence-corrected chi connectivity index (χ4v) is 7.39. The Morgan fingerprint density at radius 2 is 0.957 bits per heavy atom. The standard InChI is InChI=1S/C44H74N6O19/c1-26-36(58)38(60)40(62)43(67-26)65-24-22-46-30(52)14-6-5-13-29(51)45-20-11-9-12-28(42(64)48-21-10-3-4-17-35(57)69-50-33(55)18-19-34(50)56)49-32(54)16-8-7-15-31(53)47-23-25-66-44-41(63)39(61)37(59)27(2)68-44/h26-28,36-41,43-44,58-63H,3-25H2,1-2H3,(H,45,51)(H,46,52)(H,47,53)(H,48,64)(H,49,54)/t26-,27-,28-,36+,37+,38+,39+,40-,41-,43+,44+/m0/s1. The topological polar surface area (TPSA) is 367 Å². The van der Waals surface area contributed by atoms with Crippen molar-refractivity contribution in [3.63, 3.8) is 0 Å². The summed E-state index contributed by atoms with van der Waals surface area (Å²) in [5.41, 5.74) is 0. The molecule has 3 rings (SSSR count). The van der Waals surface area contributed by atoms with Gasteiger partial charge < -0.3 is 81.0 Å². The second-order valence-corrected chi connectivity index (χ2v) is 17.3. The van der Waals surface area contributed by atoms with Gasteiger partial charge in [-0.05, 0) is 71.6 Å². The van der Waals surface area contributed by atoms with Gasteiger partial charge in [0.15, 0.2) is 12.6 Å². The van der Waals surface area contributed by atoms with Crippen molar-refractivity contribution in [1.29, 1.82) is 0 Å². The molecule has 0 saturated carbocycles. The molecule has 3 aliphatic rings. The van der Waals surface area contributed by atoms with Gasteiger partial charge in [0, 0.05) is 71.1 Å². The molecule has 3 saturated heterocycles. The Morgan fingerprint density at radius 1 is 0.536 bits per heavy atom. The third-order valence-electron chi connectivity index (χ3n) is 11.6. The molecule has 0 aromatic carbocycles. The third kappa shape index (κ3) is 21.6. The average Bonchev–Trinajstić information content (AvgIpc) is 3.63. The summed E-state index contributed by atoms with van der Waals surface area (Å²) in [5.74, 6) is -3.44. The molecular formula is C44H74N6O19. The van der Waals surface area contributed by atoms with Crippen molar-refractivity contribution in [2.75, 3.05) is 39.4 Å². The van der Waals surface area contributed by atoms with Crippen molar-refractivity contribution in [3.8, 4) is 0 Å². The molecule has 3 fully saturated rings. The normalized spacial score (nSPS) is 26.2. The molecule has 11 N–H and O–H groups in total. The van der Waals surface area contributed by atoms with E-state index in [0.717, 1.165) is 0 Å². The maximum atomic E-state index is 13.2. The fraction of sp³-hybridized carbons (Fsp3) is 0.818. The molecule has 0 aromatic heterocycles. The summed E-state index contributed by atoms with van der Waals surface area (Å²) in [6.45, 7) is 3.78. The predicted molar refractivity (Wildman–Crippen MR) is 237 cm³/mol. The molecule has 3 aliphatic heterocycles. The Morgan fingerprint density at radius 3 is 1.45 bits per heavy atom. The SMILES string of the molecule is C[C@@H]1O[C@@H](OCCNC(=O)CCCCC(=O)NCCCC[C@H](NC(=O)CCCCC(=O)NCCO[C@@H]2O[C@@H](C)[C@@H](O)[C@@H](O)[C@@H]2O)C(=O)NCCCCCC(=O)ON2C(=O)CCC2=O)[C@@H](O)[C@H](O)[C@@H]1O. The van der Waals surface area contributed by atoms with Gasteiger partial charge in [0.05, 0.1) is 25.4 Å². The summed E-state index contributed by atoms with van der Waals surface area (Å²) in [4.78, 5) is 103. The number of unbranched alkanes of at least 4 members (excludes halogenated alkanes) is 5. The lowest BCUT2D eigenvalue weighted by molar-refractivity contribution is -0.292. The van der Waals surface area contributed by atoms with Crippen LogP contribution in [0.3, 0.4) is 0 Å². The second-order valence-electron chi connectivity index (χ2n) is 17.3. The van der Waals surface area contributed by atoms with Gasteiger partial charge in [-0.25, -0.2) is 4.79 Å². The third-order valence-corrected chi connectivity index (χ3v) is 11.6. The lowest BCUT2D eigenvalue weighted by Crippen LogP contribution is -2.57. The first-order chi connectivity index (χ1) is 32.9. The fourth-order valence-electron chi connectivity index (χ4n) is 7.39. The van der Waals surface area contributed by atoms with Crippen LogP contribution in [0, 0.1) is 0 Å². The lowest BCUT2D eigenvalue weighted by atomic mass is 10.0. The van der Waals surface area contributed by atoms with E-state index in [1.54, 1.807) is 0 Å². The summed E-state index contributed by atoms with van der Waals surface area (Å²) in [6, 6.07) is -0.892. The highest BCUT2D eigenvalue weighted by Crippen LogP contribution is 2.23. The van der Waals surface area contributed by atoms with E-state index in [4.69, 9.17) is 23.8 Å². The number of aliphatic hydroxyl groups is 6. The Bertz CT molecular complexity index is 1640. The van der Waals surface area contributed by atoms with Crippen molar-refractivity contribution in [2.45, 2.75) is 190 Å². The molecule has 25 heteroatoms.